The number of hydrogen-bond donors (Lipinski definition) is 2. The van der Waals surface area contributed by atoms with Crippen LogP contribution in [0.1, 0.15) is 45.0 Å². The average Bonchev–Trinajstić information content (AvgIpc) is 3.42. The lowest BCUT2D eigenvalue weighted by Gasteiger charge is -2.25. The summed E-state index contributed by atoms with van der Waals surface area (Å²) < 4.78 is 2.10. The second-order valence-corrected chi connectivity index (χ2v) is 11.3. The highest BCUT2D eigenvalue weighted by Crippen LogP contribution is 2.40. The van der Waals surface area contributed by atoms with Gasteiger partial charge in [0.1, 0.15) is 16.3 Å². The summed E-state index contributed by atoms with van der Waals surface area (Å²) in [5.74, 6) is 2.37. The zero-order chi connectivity index (χ0) is 23.3. The van der Waals surface area contributed by atoms with Gasteiger partial charge >= 0.3 is 0 Å². The molecule has 3 aromatic rings. The molecule has 3 heterocycles. The Hall–Kier alpha value is -2.49. The molecule has 1 aliphatic carbocycles. The molecule has 2 aromatic heterocycles. The molecule has 5 rings (SSSR count). The number of aromatic nitrogens is 3. The van der Waals surface area contributed by atoms with Gasteiger partial charge in [0.05, 0.1) is 11.3 Å². The lowest BCUT2D eigenvalue weighted by atomic mass is 9.95. The van der Waals surface area contributed by atoms with E-state index in [1.807, 2.05) is 24.3 Å². The highest BCUT2D eigenvalue weighted by molar-refractivity contribution is 7.99. The third kappa shape index (κ3) is 5.11. The molecule has 0 fully saturated rings. The first-order valence-electron chi connectivity index (χ1n) is 11.4. The molecule has 6 nitrogen and oxygen atoms in total. The second kappa shape index (κ2) is 10.8. The van der Waals surface area contributed by atoms with Gasteiger partial charge in [0.25, 0.3) is 5.91 Å². The first-order chi connectivity index (χ1) is 16.7. The monoisotopic (exact) mass is 509 g/mol. The standard InChI is InChI=1S/C25H27N5OS3/c1-2-14-30-20(28-29-25(30)32-15-8-11-17-9-4-3-5-10-17)16-33-24-26-22(31)21-18-12-6-7-13-19(18)34-23(21)27-24/h2-5,8-11,24,27H,1,6-7,12-16H2,(H,26,31). The Bertz CT molecular complexity index is 1200. The lowest BCUT2D eigenvalue weighted by molar-refractivity contribution is 0.0948. The summed E-state index contributed by atoms with van der Waals surface area (Å²) >= 11 is 5.03. The van der Waals surface area contributed by atoms with Crippen molar-refractivity contribution in [1.82, 2.24) is 20.1 Å². The Labute approximate surface area is 212 Å². The van der Waals surface area contributed by atoms with Gasteiger partial charge in [-0.3, -0.25) is 4.79 Å². The number of fused-ring (bicyclic) bond motifs is 3. The number of carbonyl (C=O) groups is 1. The molecule has 176 valence electrons. The van der Waals surface area contributed by atoms with E-state index in [2.05, 4.69) is 56.3 Å². The van der Waals surface area contributed by atoms with Crippen molar-refractivity contribution in [3.8, 4) is 0 Å². The summed E-state index contributed by atoms with van der Waals surface area (Å²) in [5.41, 5.74) is 3.13. The molecule has 0 radical (unpaired) electrons. The van der Waals surface area contributed by atoms with E-state index >= 15 is 0 Å². The van der Waals surface area contributed by atoms with Crippen molar-refractivity contribution < 1.29 is 4.79 Å². The van der Waals surface area contributed by atoms with Crippen LogP contribution in [0.3, 0.4) is 0 Å². The fraction of sp³-hybridized carbons (Fsp3) is 0.320. The first-order valence-corrected chi connectivity index (χ1v) is 14.3. The van der Waals surface area contributed by atoms with Gasteiger partial charge in [0, 0.05) is 17.2 Å². The van der Waals surface area contributed by atoms with Crippen LogP contribution in [0.25, 0.3) is 6.08 Å². The number of nitrogens with zero attached hydrogens (tertiary/aromatic N) is 3. The largest absolute Gasteiger partial charge is 0.348 e. The van der Waals surface area contributed by atoms with Crippen LogP contribution in [0, 0.1) is 0 Å². The lowest BCUT2D eigenvalue weighted by Crippen LogP contribution is -2.42. The van der Waals surface area contributed by atoms with Crippen LogP contribution in [0.4, 0.5) is 5.00 Å². The van der Waals surface area contributed by atoms with E-state index in [-0.39, 0.29) is 11.4 Å². The number of amides is 1. The summed E-state index contributed by atoms with van der Waals surface area (Å²) in [4.78, 5) is 14.2. The third-order valence-electron chi connectivity index (χ3n) is 5.83. The summed E-state index contributed by atoms with van der Waals surface area (Å²) in [5, 5.41) is 17.4. The zero-order valence-electron chi connectivity index (χ0n) is 18.8. The van der Waals surface area contributed by atoms with Crippen molar-refractivity contribution >= 4 is 51.8 Å². The second-order valence-electron chi connectivity index (χ2n) is 8.15. The number of hydrogen-bond acceptors (Lipinski definition) is 7. The fourth-order valence-electron chi connectivity index (χ4n) is 4.21. The van der Waals surface area contributed by atoms with Gasteiger partial charge < -0.3 is 15.2 Å². The summed E-state index contributed by atoms with van der Waals surface area (Å²) in [7, 11) is 0. The van der Waals surface area contributed by atoms with Crippen molar-refractivity contribution in [2.75, 3.05) is 11.1 Å². The smallest absolute Gasteiger partial charge is 0.256 e. The van der Waals surface area contributed by atoms with Crippen molar-refractivity contribution in [1.29, 1.82) is 0 Å². The summed E-state index contributed by atoms with van der Waals surface area (Å²) in [6, 6.07) is 10.3. The number of allylic oxidation sites excluding steroid dienone is 1. The molecule has 1 aliphatic heterocycles. The van der Waals surface area contributed by atoms with Gasteiger partial charge in [0.2, 0.25) is 0 Å². The van der Waals surface area contributed by atoms with E-state index in [4.69, 9.17) is 0 Å². The highest BCUT2D eigenvalue weighted by Gasteiger charge is 2.31. The molecule has 0 saturated heterocycles. The van der Waals surface area contributed by atoms with Crippen LogP contribution < -0.4 is 10.6 Å². The van der Waals surface area contributed by atoms with Crippen molar-refractivity contribution in [3.05, 3.63) is 76.5 Å². The third-order valence-corrected chi connectivity index (χ3v) is 8.96. The van der Waals surface area contributed by atoms with E-state index in [9.17, 15) is 4.79 Å². The zero-order valence-corrected chi connectivity index (χ0v) is 21.3. The van der Waals surface area contributed by atoms with Gasteiger partial charge in [0.15, 0.2) is 5.16 Å². The van der Waals surface area contributed by atoms with E-state index in [0.29, 0.717) is 12.3 Å². The van der Waals surface area contributed by atoms with Gasteiger partial charge in [-0.05, 0) is 36.8 Å². The van der Waals surface area contributed by atoms with E-state index in [0.717, 1.165) is 40.1 Å². The highest BCUT2D eigenvalue weighted by atomic mass is 32.2. The van der Waals surface area contributed by atoms with Gasteiger partial charge in [-0.1, -0.05) is 60.3 Å². The van der Waals surface area contributed by atoms with E-state index in [1.165, 1.54) is 28.8 Å². The van der Waals surface area contributed by atoms with Gasteiger partial charge in [-0.25, -0.2) is 0 Å². The Morgan fingerprint density at radius 1 is 1.18 bits per heavy atom. The Balaban J connectivity index is 1.21. The Morgan fingerprint density at radius 2 is 2.03 bits per heavy atom. The number of benzene rings is 1. The molecule has 1 amide bonds. The molecule has 0 spiro atoms. The molecule has 2 aliphatic rings. The predicted octanol–water partition coefficient (Wildman–Crippen LogP) is 5.58. The summed E-state index contributed by atoms with van der Waals surface area (Å²) in [6.45, 7) is 4.55. The molecule has 34 heavy (non-hydrogen) atoms. The molecule has 0 saturated carbocycles. The van der Waals surface area contributed by atoms with Crippen molar-refractivity contribution in [2.24, 2.45) is 0 Å². The number of nitrogens with one attached hydrogen (secondary N) is 2. The molecular weight excluding hydrogens is 483 g/mol. The molecule has 1 atom stereocenters. The quantitative estimate of drug-likeness (QED) is 0.290. The number of thioether (sulfide) groups is 2. The van der Waals surface area contributed by atoms with Gasteiger partial charge in [-0.2, -0.15) is 0 Å². The molecule has 0 bridgehead atoms. The van der Waals surface area contributed by atoms with Gasteiger partial charge in [-0.15, -0.1) is 39.9 Å². The molecular formula is C25H27N5OS3. The van der Waals surface area contributed by atoms with E-state index in [1.54, 1.807) is 34.9 Å². The Morgan fingerprint density at radius 3 is 2.88 bits per heavy atom. The maximum atomic E-state index is 12.8. The minimum Gasteiger partial charge on any atom is -0.348 e. The number of thiophene rings is 1. The number of carbonyl (C=O) groups excluding carboxylic acids is 1. The van der Waals surface area contributed by atoms with Crippen LogP contribution >= 0.6 is 34.9 Å². The minimum absolute atomic E-state index is 0.0413. The van der Waals surface area contributed by atoms with Crippen molar-refractivity contribution in [3.63, 3.8) is 0 Å². The molecule has 1 aromatic carbocycles. The maximum Gasteiger partial charge on any atom is 0.256 e. The van der Waals surface area contributed by atoms with Crippen LogP contribution in [-0.4, -0.2) is 31.9 Å². The normalized spacial score (nSPS) is 17.2. The Kier molecular flexibility index (Phi) is 7.42. The number of anilines is 1. The van der Waals surface area contributed by atoms with Crippen molar-refractivity contribution in [2.45, 2.75) is 48.6 Å². The molecule has 9 heteroatoms. The minimum atomic E-state index is -0.182. The SMILES string of the molecule is C=CCn1c(CSC2NC(=O)c3c(sc4c3CCCC4)N2)nnc1SCC=Cc1ccccc1. The van der Waals surface area contributed by atoms with Crippen LogP contribution in [0.15, 0.2) is 54.2 Å². The molecule has 2 N–H and O–H groups in total. The topological polar surface area (TPSA) is 71.8 Å². The van der Waals surface area contributed by atoms with E-state index < -0.39 is 0 Å². The predicted molar refractivity (Wildman–Crippen MR) is 144 cm³/mol. The average molecular weight is 510 g/mol. The number of rotatable bonds is 9. The molecule has 1 unspecified atom stereocenters. The number of aryl methyl sites for hydroxylation is 1. The van der Waals surface area contributed by atoms with Crippen LogP contribution in [0.2, 0.25) is 0 Å². The van der Waals surface area contributed by atoms with Crippen LogP contribution in [0.5, 0.6) is 0 Å². The first kappa shape index (κ1) is 23.3. The fourth-order valence-corrected chi connectivity index (χ4v) is 7.30. The maximum absolute atomic E-state index is 12.8. The summed E-state index contributed by atoms with van der Waals surface area (Å²) in [6.07, 6.45) is 10.6. The van der Waals surface area contributed by atoms with Crippen LogP contribution in [-0.2, 0) is 25.1 Å².